The van der Waals surface area contributed by atoms with Crippen molar-refractivity contribution in [2.75, 3.05) is 21.3 Å². The molecule has 6 nitrogen and oxygen atoms in total. The third-order valence-electron chi connectivity index (χ3n) is 2.80. The fraction of sp³-hybridized carbons (Fsp3) is 0.400. The number of carbonyl (C=O) groups is 2. The van der Waals surface area contributed by atoms with Crippen LogP contribution in [0.4, 0.5) is 0 Å². The van der Waals surface area contributed by atoms with Crippen molar-refractivity contribution < 1.29 is 23.8 Å². The number of nitrogens with zero attached hydrogens (tertiary/aromatic N) is 1. The van der Waals surface area contributed by atoms with Crippen LogP contribution in [-0.4, -0.2) is 39.0 Å². The predicted molar refractivity (Wildman–Crippen MR) is 77.4 cm³/mol. The van der Waals surface area contributed by atoms with Gasteiger partial charge in [0.25, 0.3) is 0 Å². The largest absolute Gasteiger partial charge is 0.497 e. The second-order valence-electron chi connectivity index (χ2n) is 4.24. The van der Waals surface area contributed by atoms with Crippen molar-refractivity contribution in [1.82, 2.24) is 0 Å². The summed E-state index contributed by atoms with van der Waals surface area (Å²) in [7, 11) is 4.18. The summed E-state index contributed by atoms with van der Waals surface area (Å²) in [6, 6.07) is 7.39. The predicted octanol–water partition coefficient (Wildman–Crippen LogP) is 1.76. The molecule has 0 radical (unpaired) electrons. The Kier molecular flexibility index (Phi) is 6.94. The van der Waals surface area contributed by atoms with Gasteiger partial charge in [-0.2, -0.15) is 0 Å². The number of hydrogen-bond donors (Lipinski definition) is 0. The van der Waals surface area contributed by atoms with E-state index in [2.05, 4.69) is 14.5 Å². The average Bonchev–Trinajstić information content (AvgIpc) is 2.52. The van der Waals surface area contributed by atoms with E-state index < -0.39 is 11.9 Å². The summed E-state index contributed by atoms with van der Waals surface area (Å²) in [5.74, 6) is -0.119. The van der Waals surface area contributed by atoms with E-state index in [1.54, 1.807) is 7.11 Å². The van der Waals surface area contributed by atoms with Gasteiger partial charge in [-0.05, 0) is 17.7 Å². The molecule has 1 aromatic carbocycles. The van der Waals surface area contributed by atoms with Gasteiger partial charge in [-0.25, -0.2) is 0 Å². The van der Waals surface area contributed by atoms with Gasteiger partial charge in [0, 0.05) is 5.71 Å². The zero-order valence-corrected chi connectivity index (χ0v) is 12.4. The lowest BCUT2D eigenvalue weighted by Gasteiger charge is -2.06. The Morgan fingerprint density at radius 3 is 1.90 bits per heavy atom. The maximum absolute atomic E-state index is 11.3. The molecule has 0 aliphatic carbocycles. The lowest BCUT2D eigenvalue weighted by atomic mass is 10.2. The van der Waals surface area contributed by atoms with Crippen molar-refractivity contribution in [1.29, 1.82) is 0 Å². The Balaban J connectivity index is 2.75. The molecule has 0 N–H and O–H groups in total. The molecular weight excluding hydrogens is 274 g/mol. The summed E-state index contributed by atoms with van der Waals surface area (Å²) < 4.78 is 14.3. The van der Waals surface area contributed by atoms with Gasteiger partial charge in [0.2, 0.25) is 0 Å². The maximum Gasteiger partial charge on any atom is 0.311 e. The van der Waals surface area contributed by atoms with Crippen LogP contribution in [0.5, 0.6) is 5.75 Å². The summed E-state index contributed by atoms with van der Waals surface area (Å²) >= 11 is 0. The highest BCUT2D eigenvalue weighted by Crippen LogP contribution is 2.12. The summed E-state index contributed by atoms with van der Waals surface area (Å²) in [4.78, 5) is 26.9. The highest BCUT2D eigenvalue weighted by molar-refractivity contribution is 6.06. The van der Waals surface area contributed by atoms with E-state index >= 15 is 0 Å². The van der Waals surface area contributed by atoms with E-state index in [9.17, 15) is 9.59 Å². The molecule has 1 aromatic rings. The van der Waals surface area contributed by atoms with E-state index in [4.69, 9.17) is 4.74 Å². The van der Waals surface area contributed by atoms with E-state index in [1.165, 1.54) is 14.2 Å². The van der Waals surface area contributed by atoms with E-state index in [1.807, 2.05) is 24.3 Å². The second-order valence-corrected chi connectivity index (χ2v) is 4.24. The van der Waals surface area contributed by atoms with Crippen LogP contribution in [0.2, 0.25) is 0 Å². The molecule has 0 bridgehead atoms. The summed E-state index contributed by atoms with van der Waals surface area (Å²) in [6.07, 6.45) is -0.0521. The molecule has 0 saturated heterocycles. The Labute approximate surface area is 123 Å². The molecule has 0 saturated carbocycles. The third-order valence-corrected chi connectivity index (χ3v) is 2.80. The zero-order valence-electron chi connectivity index (χ0n) is 12.4. The van der Waals surface area contributed by atoms with Crippen LogP contribution in [0.15, 0.2) is 29.3 Å². The summed E-state index contributed by atoms with van der Waals surface area (Å²) in [5.41, 5.74) is 1.38. The molecule has 0 aliphatic heterocycles. The molecule has 0 fully saturated rings. The second kappa shape index (κ2) is 8.73. The molecule has 1 rings (SSSR count). The highest BCUT2D eigenvalue weighted by atomic mass is 16.5. The van der Waals surface area contributed by atoms with Gasteiger partial charge < -0.3 is 14.2 Å². The van der Waals surface area contributed by atoms with Crippen molar-refractivity contribution in [3.05, 3.63) is 29.8 Å². The number of methoxy groups -OCH3 is 3. The van der Waals surface area contributed by atoms with Gasteiger partial charge in [-0.15, -0.1) is 0 Å². The Bertz CT molecular complexity index is 487. The molecular formula is C15H19NO5. The topological polar surface area (TPSA) is 74.2 Å². The van der Waals surface area contributed by atoms with E-state index in [0.717, 1.165) is 11.3 Å². The lowest BCUT2D eigenvalue weighted by molar-refractivity contribution is -0.139. The molecule has 21 heavy (non-hydrogen) atoms. The molecule has 0 heterocycles. The van der Waals surface area contributed by atoms with Crippen LogP contribution < -0.4 is 4.74 Å². The van der Waals surface area contributed by atoms with Gasteiger partial charge in [-0.3, -0.25) is 14.6 Å². The van der Waals surface area contributed by atoms with Gasteiger partial charge in [-0.1, -0.05) is 12.1 Å². The highest BCUT2D eigenvalue weighted by Gasteiger charge is 2.12. The normalized spacial score (nSPS) is 9.67. The lowest BCUT2D eigenvalue weighted by Crippen LogP contribution is -2.15. The molecule has 0 aromatic heterocycles. The first-order valence-corrected chi connectivity index (χ1v) is 6.37. The average molecular weight is 293 g/mol. The van der Waals surface area contributed by atoms with Crippen molar-refractivity contribution in [3.8, 4) is 5.75 Å². The minimum absolute atomic E-state index is 0.0260. The Morgan fingerprint density at radius 2 is 1.48 bits per heavy atom. The van der Waals surface area contributed by atoms with Crippen molar-refractivity contribution in [3.63, 3.8) is 0 Å². The van der Waals surface area contributed by atoms with Crippen LogP contribution in [0.3, 0.4) is 0 Å². The number of ether oxygens (including phenoxy) is 3. The van der Waals surface area contributed by atoms with E-state index in [-0.39, 0.29) is 12.8 Å². The molecule has 114 valence electrons. The number of hydrogen-bond acceptors (Lipinski definition) is 6. The quantitative estimate of drug-likeness (QED) is 0.565. The number of carbonyl (C=O) groups excluding carboxylic acids is 2. The minimum atomic E-state index is -0.438. The maximum atomic E-state index is 11.3. The molecule has 0 unspecified atom stereocenters. The molecule has 0 spiro atoms. The van der Waals surface area contributed by atoms with Gasteiger partial charge in [0.15, 0.2) is 0 Å². The fourth-order valence-electron chi connectivity index (χ4n) is 1.59. The summed E-state index contributed by atoms with van der Waals surface area (Å²) in [5, 5.41) is 0. The third kappa shape index (κ3) is 6.07. The first-order chi connectivity index (χ1) is 10.1. The monoisotopic (exact) mass is 293 g/mol. The van der Waals surface area contributed by atoms with Crippen LogP contribution >= 0.6 is 0 Å². The Hall–Kier alpha value is -2.37. The van der Waals surface area contributed by atoms with Crippen LogP contribution in [-0.2, 0) is 25.6 Å². The van der Waals surface area contributed by atoms with Crippen molar-refractivity contribution >= 4 is 17.7 Å². The Morgan fingerprint density at radius 1 is 0.952 bits per heavy atom. The smallest absolute Gasteiger partial charge is 0.311 e. The first kappa shape index (κ1) is 16.7. The van der Waals surface area contributed by atoms with Crippen LogP contribution in [0.1, 0.15) is 18.4 Å². The number of benzene rings is 1. The summed E-state index contributed by atoms with van der Waals surface area (Å²) in [6.45, 7) is 0.368. The number of rotatable bonds is 7. The van der Waals surface area contributed by atoms with Crippen molar-refractivity contribution in [2.24, 2.45) is 4.99 Å². The fourth-order valence-corrected chi connectivity index (χ4v) is 1.59. The van der Waals surface area contributed by atoms with E-state index in [0.29, 0.717) is 12.3 Å². The standard InChI is InChI=1S/C15H19NO5/c1-19-13-6-4-11(5-7-13)10-16-12(8-14(17)20-2)9-15(18)21-3/h4-7H,8-10H2,1-3H3. The van der Waals surface area contributed by atoms with Crippen molar-refractivity contribution in [2.45, 2.75) is 19.4 Å². The molecule has 0 aliphatic rings. The molecule has 0 atom stereocenters. The van der Waals surface area contributed by atoms with Gasteiger partial charge in [0.1, 0.15) is 5.75 Å². The SMILES string of the molecule is COC(=O)CC(CC(=O)OC)=NCc1ccc(OC)cc1. The zero-order chi connectivity index (χ0) is 15.7. The molecule has 0 amide bonds. The first-order valence-electron chi connectivity index (χ1n) is 6.37. The van der Waals surface area contributed by atoms with Gasteiger partial charge >= 0.3 is 11.9 Å². The van der Waals surface area contributed by atoms with Crippen LogP contribution in [0.25, 0.3) is 0 Å². The van der Waals surface area contributed by atoms with Crippen LogP contribution in [0, 0.1) is 0 Å². The molecule has 6 heteroatoms. The number of esters is 2. The number of aliphatic imine (C=N–C) groups is 1. The van der Waals surface area contributed by atoms with Gasteiger partial charge in [0.05, 0.1) is 40.7 Å². The minimum Gasteiger partial charge on any atom is -0.497 e.